The number of amides is 1. The zero-order valence-electron chi connectivity index (χ0n) is 13.9. The third kappa shape index (κ3) is 3.63. The molecular weight excluding hydrogens is 322 g/mol. The van der Waals surface area contributed by atoms with E-state index in [1.54, 1.807) is 25.1 Å². The zero-order valence-corrected chi connectivity index (χ0v) is 13.9. The fourth-order valence-corrected chi connectivity index (χ4v) is 2.32. The van der Waals surface area contributed by atoms with Crippen molar-refractivity contribution in [3.8, 4) is 11.4 Å². The molecule has 2 aromatic heterocycles. The lowest BCUT2D eigenvalue weighted by Gasteiger charge is -2.09. The predicted octanol–water partition coefficient (Wildman–Crippen LogP) is 2.26. The molecular formula is C17H17N5O3. The molecule has 3 aromatic rings. The molecule has 8 nitrogen and oxygen atoms in total. The van der Waals surface area contributed by atoms with E-state index in [-0.39, 0.29) is 11.3 Å². The Bertz CT molecular complexity index is 961. The Kier molecular flexibility index (Phi) is 4.69. The lowest BCUT2D eigenvalue weighted by molar-refractivity contribution is 0.102. The number of hydrogen-bond acceptors (Lipinski definition) is 6. The summed E-state index contributed by atoms with van der Waals surface area (Å²) in [5, 5.41) is 10.8. The summed E-state index contributed by atoms with van der Waals surface area (Å²) in [6.07, 6.45) is 0.748. The monoisotopic (exact) mass is 339 g/mol. The first kappa shape index (κ1) is 16.6. The van der Waals surface area contributed by atoms with E-state index in [4.69, 9.17) is 4.52 Å². The number of nitrogens with one attached hydrogen (secondary N) is 1. The van der Waals surface area contributed by atoms with Crippen molar-refractivity contribution in [3.05, 3.63) is 58.3 Å². The summed E-state index contributed by atoms with van der Waals surface area (Å²) in [7, 11) is 0. The van der Waals surface area contributed by atoms with Gasteiger partial charge in [-0.3, -0.25) is 9.59 Å². The van der Waals surface area contributed by atoms with Crippen LogP contribution in [0.25, 0.3) is 11.4 Å². The van der Waals surface area contributed by atoms with Gasteiger partial charge in [-0.25, -0.2) is 4.68 Å². The average molecular weight is 339 g/mol. The van der Waals surface area contributed by atoms with Gasteiger partial charge in [-0.05, 0) is 24.6 Å². The fraction of sp³-hybridized carbons (Fsp3) is 0.235. The second kappa shape index (κ2) is 7.08. The smallest absolute Gasteiger partial charge is 0.276 e. The summed E-state index contributed by atoms with van der Waals surface area (Å²) in [4.78, 5) is 28.4. The molecule has 0 saturated heterocycles. The van der Waals surface area contributed by atoms with Gasteiger partial charge in [0.2, 0.25) is 11.7 Å². The summed E-state index contributed by atoms with van der Waals surface area (Å²) < 4.78 is 6.28. The van der Waals surface area contributed by atoms with Crippen LogP contribution in [0.3, 0.4) is 0 Å². The summed E-state index contributed by atoms with van der Waals surface area (Å²) in [5.74, 6) is 0.402. The van der Waals surface area contributed by atoms with Crippen molar-refractivity contribution in [2.45, 2.75) is 26.8 Å². The van der Waals surface area contributed by atoms with Gasteiger partial charge < -0.3 is 9.84 Å². The molecule has 1 amide bonds. The number of aromatic nitrogens is 4. The van der Waals surface area contributed by atoms with Crippen LogP contribution >= 0.6 is 0 Å². The molecule has 0 radical (unpaired) electrons. The molecule has 0 spiro atoms. The quantitative estimate of drug-likeness (QED) is 0.765. The lowest BCUT2D eigenvalue weighted by Crippen LogP contribution is -2.26. The first-order valence-electron chi connectivity index (χ1n) is 7.87. The first-order valence-corrected chi connectivity index (χ1v) is 7.87. The van der Waals surface area contributed by atoms with E-state index in [0.29, 0.717) is 29.5 Å². The second-order valence-corrected chi connectivity index (χ2v) is 5.42. The topological polar surface area (TPSA) is 103 Å². The fourth-order valence-electron chi connectivity index (χ4n) is 2.32. The molecule has 2 heterocycles. The van der Waals surface area contributed by atoms with Gasteiger partial charge in [0.25, 0.3) is 11.5 Å². The standard InChI is InChI=1S/C17H17N5O3/c1-3-10-22-15(23)9-8-14(20-22)17(24)19-13-7-5-4-6-12(13)16-18-11(2)25-21-16/h4-9H,3,10H2,1-2H3,(H,19,24). The molecule has 0 bridgehead atoms. The summed E-state index contributed by atoms with van der Waals surface area (Å²) in [6.45, 7) is 4.08. The maximum absolute atomic E-state index is 12.5. The van der Waals surface area contributed by atoms with Crippen LogP contribution in [0.2, 0.25) is 0 Å². The molecule has 1 N–H and O–H groups in total. The molecule has 0 aliphatic carbocycles. The van der Waals surface area contributed by atoms with E-state index in [1.165, 1.54) is 16.8 Å². The summed E-state index contributed by atoms with van der Waals surface area (Å²) >= 11 is 0. The van der Waals surface area contributed by atoms with E-state index in [2.05, 4.69) is 20.6 Å². The number of rotatable bonds is 5. The van der Waals surface area contributed by atoms with E-state index < -0.39 is 5.91 Å². The maximum Gasteiger partial charge on any atom is 0.276 e. The van der Waals surface area contributed by atoms with E-state index >= 15 is 0 Å². The van der Waals surface area contributed by atoms with Crippen LogP contribution < -0.4 is 10.9 Å². The van der Waals surface area contributed by atoms with Gasteiger partial charge in [0.1, 0.15) is 5.69 Å². The van der Waals surface area contributed by atoms with Gasteiger partial charge >= 0.3 is 0 Å². The van der Waals surface area contributed by atoms with Crippen LogP contribution in [0.1, 0.15) is 29.7 Å². The Morgan fingerprint density at radius 3 is 2.76 bits per heavy atom. The normalized spacial score (nSPS) is 10.6. The van der Waals surface area contributed by atoms with Crippen molar-refractivity contribution in [2.75, 3.05) is 5.32 Å². The van der Waals surface area contributed by atoms with Crippen molar-refractivity contribution < 1.29 is 9.32 Å². The molecule has 25 heavy (non-hydrogen) atoms. The highest BCUT2D eigenvalue weighted by molar-refractivity contribution is 6.04. The Hall–Kier alpha value is -3.29. The highest BCUT2D eigenvalue weighted by Gasteiger charge is 2.15. The molecule has 0 fully saturated rings. The average Bonchev–Trinajstić information content (AvgIpc) is 3.03. The largest absolute Gasteiger partial charge is 0.339 e. The number of carbonyl (C=O) groups excluding carboxylic acids is 1. The summed E-state index contributed by atoms with van der Waals surface area (Å²) in [5.41, 5.74) is 1.09. The summed E-state index contributed by atoms with van der Waals surface area (Å²) in [6, 6.07) is 9.87. The molecule has 3 rings (SSSR count). The number of aryl methyl sites for hydroxylation is 2. The van der Waals surface area contributed by atoms with Gasteiger partial charge in [-0.15, -0.1) is 0 Å². The molecule has 0 aliphatic heterocycles. The van der Waals surface area contributed by atoms with E-state index in [9.17, 15) is 9.59 Å². The van der Waals surface area contributed by atoms with Crippen molar-refractivity contribution in [3.63, 3.8) is 0 Å². The third-order valence-electron chi connectivity index (χ3n) is 3.48. The number of nitrogens with zero attached hydrogens (tertiary/aromatic N) is 4. The van der Waals surface area contributed by atoms with Gasteiger partial charge in [-0.2, -0.15) is 10.1 Å². The molecule has 0 saturated carbocycles. The Labute approximate surface area is 143 Å². The highest BCUT2D eigenvalue weighted by atomic mass is 16.5. The number of para-hydroxylation sites is 1. The lowest BCUT2D eigenvalue weighted by atomic mass is 10.1. The van der Waals surface area contributed by atoms with Crippen LogP contribution in [0.5, 0.6) is 0 Å². The van der Waals surface area contributed by atoms with Crippen molar-refractivity contribution in [1.29, 1.82) is 0 Å². The maximum atomic E-state index is 12.5. The number of anilines is 1. The van der Waals surface area contributed by atoms with Gasteiger partial charge in [0.15, 0.2) is 0 Å². The van der Waals surface area contributed by atoms with Crippen molar-refractivity contribution in [1.82, 2.24) is 19.9 Å². The molecule has 128 valence electrons. The first-order chi connectivity index (χ1) is 12.1. The van der Waals surface area contributed by atoms with Crippen LogP contribution in [0.15, 0.2) is 45.7 Å². The molecule has 1 aromatic carbocycles. The molecule has 0 atom stereocenters. The second-order valence-electron chi connectivity index (χ2n) is 5.42. The predicted molar refractivity (Wildman–Crippen MR) is 91.2 cm³/mol. The number of carbonyl (C=O) groups is 1. The van der Waals surface area contributed by atoms with Gasteiger partial charge in [0.05, 0.1) is 5.69 Å². The molecule has 8 heteroatoms. The van der Waals surface area contributed by atoms with Gasteiger partial charge in [-0.1, -0.05) is 24.2 Å². The van der Waals surface area contributed by atoms with Gasteiger partial charge in [0, 0.05) is 25.1 Å². The highest BCUT2D eigenvalue weighted by Crippen LogP contribution is 2.25. The molecule has 0 unspecified atom stereocenters. The van der Waals surface area contributed by atoms with Crippen LogP contribution in [-0.4, -0.2) is 25.8 Å². The van der Waals surface area contributed by atoms with Crippen molar-refractivity contribution in [2.24, 2.45) is 0 Å². The minimum Gasteiger partial charge on any atom is -0.339 e. The Balaban J connectivity index is 1.89. The van der Waals surface area contributed by atoms with E-state index in [1.807, 2.05) is 13.0 Å². The van der Waals surface area contributed by atoms with Crippen LogP contribution in [0.4, 0.5) is 5.69 Å². The van der Waals surface area contributed by atoms with Crippen molar-refractivity contribution >= 4 is 11.6 Å². The Morgan fingerprint density at radius 1 is 1.24 bits per heavy atom. The van der Waals surface area contributed by atoms with Crippen LogP contribution in [0, 0.1) is 6.92 Å². The number of benzene rings is 1. The Morgan fingerprint density at radius 2 is 2.04 bits per heavy atom. The SMILES string of the molecule is CCCn1nc(C(=O)Nc2ccccc2-c2noc(C)n2)ccc1=O. The number of hydrogen-bond donors (Lipinski definition) is 1. The molecule has 0 aliphatic rings. The zero-order chi connectivity index (χ0) is 17.8. The third-order valence-corrected chi connectivity index (χ3v) is 3.48. The minimum atomic E-state index is -0.419. The minimum absolute atomic E-state index is 0.159. The van der Waals surface area contributed by atoms with Crippen LogP contribution in [-0.2, 0) is 6.54 Å². The van der Waals surface area contributed by atoms with E-state index in [0.717, 1.165) is 6.42 Å².